The molecule has 4 aromatic rings. The summed E-state index contributed by atoms with van der Waals surface area (Å²) >= 11 is 7.58. The fourth-order valence-electron chi connectivity index (χ4n) is 4.51. The summed E-state index contributed by atoms with van der Waals surface area (Å²) in [5, 5.41) is 7.08. The maximum atomic E-state index is 13.0. The van der Waals surface area contributed by atoms with Crippen LogP contribution in [0, 0.1) is 0 Å². The summed E-state index contributed by atoms with van der Waals surface area (Å²) < 4.78 is 63.0. The van der Waals surface area contributed by atoms with Crippen molar-refractivity contribution in [1.82, 2.24) is 14.3 Å². The van der Waals surface area contributed by atoms with E-state index < -0.39 is 27.1 Å². The summed E-state index contributed by atoms with van der Waals surface area (Å²) in [7, 11) is -5.42. The van der Waals surface area contributed by atoms with Crippen LogP contribution < -0.4 is 10.9 Å². The summed E-state index contributed by atoms with van der Waals surface area (Å²) in [6.07, 6.45) is 1.88. The summed E-state index contributed by atoms with van der Waals surface area (Å²) in [5.41, 5.74) is -2.97. The molecule has 0 saturated carbocycles. The smallest absolute Gasteiger partial charge is 0.380 e. The Balaban J connectivity index is 1.52. The molecule has 7 nitrogen and oxygen atoms in total. The number of aromatic nitrogens is 2. The van der Waals surface area contributed by atoms with Crippen LogP contribution in [0.4, 0.5) is 18.9 Å². The number of pyridine rings is 1. The minimum Gasteiger partial charge on any atom is -0.380 e. The fourth-order valence-corrected chi connectivity index (χ4v) is 6.44. The van der Waals surface area contributed by atoms with E-state index in [4.69, 9.17) is 11.6 Å². The molecule has 2 aromatic carbocycles. The first-order chi connectivity index (χ1) is 17.5. The van der Waals surface area contributed by atoms with Gasteiger partial charge in [0, 0.05) is 52.9 Å². The molecule has 0 spiro atoms. The normalized spacial score (nSPS) is 17.8. The van der Waals surface area contributed by atoms with Crippen LogP contribution in [-0.4, -0.2) is 47.3 Å². The number of anilines is 1. The number of fused-ring (bicyclic) bond motifs is 1. The standard InChI is InChI=1S/C24H20ClF3N4O3S2/c25-16-4-1-14(2-5-16)22(23-29-8-10-36-23)15-3-6-19-18(11-15)20(12-21(33)31-19)30-17-7-9-32(13-17)37(34,35)24(26,27)28/h1-6,8,10-12,17,22H,7,9,13H2,(H2,30,31,33)/t17-,22?/m1/s1. The minimum absolute atomic E-state index is 0.163. The SMILES string of the molecule is O=c1cc(N[C@@H]2CCN(S(=O)(=O)C(F)(F)F)C2)c2cc(C(c3ccc(Cl)cc3)c3nccs3)ccc2[nH]1. The van der Waals surface area contributed by atoms with Crippen LogP contribution in [-0.2, 0) is 10.0 Å². The molecular weight excluding hydrogens is 549 g/mol. The van der Waals surface area contributed by atoms with E-state index in [1.54, 1.807) is 24.4 Å². The van der Waals surface area contributed by atoms with Gasteiger partial charge in [-0.3, -0.25) is 4.79 Å². The first-order valence-corrected chi connectivity index (χ1v) is 13.9. The first kappa shape index (κ1) is 25.7. The fraction of sp³-hybridized carbons (Fsp3) is 0.250. The Hall–Kier alpha value is -2.93. The molecule has 1 saturated heterocycles. The van der Waals surface area contributed by atoms with E-state index in [0.29, 0.717) is 25.9 Å². The Labute approximate surface area is 219 Å². The quantitative estimate of drug-likeness (QED) is 0.335. The summed E-state index contributed by atoms with van der Waals surface area (Å²) in [4.78, 5) is 19.6. The summed E-state index contributed by atoms with van der Waals surface area (Å²) in [6.45, 7) is -0.628. The van der Waals surface area contributed by atoms with Gasteiger partial charge in [-0.05, 0) is 41.8 Å². The summed E-state index contributed by atoms with van der Waals surface area (Å²) in [6, 6.07) is 13.7. The van der Waals surface area contributed by atoms with E-state index in [0.717, 1.165) is 16.1 Å². The second-order valence-corrected chi connectivity index (χ2v) is 11.9. The van der Waals surface area contributed by atoms with Crippen molar-refractivity contribution in [2.75, 3.05) is 18.4 Å². The summed E-state index contributed by atoms with van der Waals surface area (Å²) in [5.74, 6) is -0.222. The number of hydrogen-bond donors (Lipinski definition) is 2. The Morgan fingerprint density at radius 1 is 1.14 bits per heavy atom. The number of alkyl halides is 3. The Morgan fingerprint density at radius 3 is 2.54 bits per heavy atom. The molecule has 5 rings (SSSR count). The average Bonchev–Trinajstić information content (AvgIpc) is 3.53. The minimum atomic E-state index is -5.42. The van der Waals surface area contributed by atoms with Gasteiger partial charge in [0.1, 0.15) is 5.01 Å². The van der Waals surface area contributed by atoms with Gasteiger partial charge in [-0.15, -0.1) is 11.3 Å². The molecule has 2 N–H and O–H groups in total. The van der Waals surface area contributed by atoms with Crippen molar-refractivity contribution in [2.45, 2.75) is 23.9 Å². The molecule has 0 bridgehead atoms. The third-order valence-corrected chi connectivity index (χ3v) is 8.93. The first-order valence-electron chi connectivity index (χ1n) is 11.2. The lowest BCUT2D eigenvalue weighted by atomic mass is 9.90. The number of aromatic amines is 1. The van der Waals surface area contributed by atoms with Crippen LogP contribution in [0.2, 0.25) is 5.02 Å². The van der Waals surface area contributed by atoms with Crippen molar-refractivity contribution < 1.29 is 21.6 Å². The molecule has 13 heteroatoms. The number of nitrogens with one attached hydrogen (secondary N) is 2. The lowest BCUT2D eigenvalue weighted by Gasteiger charge is -2.20. The highest BCUT2D eigenvalue weighted by Gasteiger charge is 2.51. The maximum absolute atomic E-state index is 13.0. The molecule has 1 aliphatic rings. The molecule has 37 heavy (non-hydrogen) atoms. The highest BCUT2D eigenvalue weighted by Crippen LogP contribution is 2.36. The van der Waals surface area contributed by atoms with E-state index in [1.165, 1.54) is 17.4 Å². The number of hydrogen-bond acceptors (Lipinski definition) is 6. The lowest BCUT2D eigenvalue weighted by molar-refractivity contribution is -0.0483. The van der Waals surface area contributed by atoms with Crippen LogP contribution in [0.3, 0.4) is 0 Å². The zero-order valence-corrected chi connectivity index (χ0v) is 21.4. The number of thiazole rings is 1. The van der Waals surface area contributed by atoms with E-state index in [9.17, 15) is 26.4 Å². The predicted molar refractivity (Wildman–Crippen MR) is 138 cm³/mol. The van der Waals surface area contributed by atoms with Crippen LogP contribution in [0.15, 0.2) is 64.9 Å². The maximum Gasteiger partial charge on any atom is 0.511 e. The zero-order valence-electron chi connectivity index (χ0n) is 19.0. The van der Waals surface area contributed by atoms with Gasteiger partial charge in [-0.2, -0.15) is 17.5 Å². The molecular formula is C24H20ClF3N4O3S2. The number of nitrogens with zero attached hydrogens (tertiary/aromatic N) is 2. The molecule has 2 aromatic heterocycles. The average molecular weight is 569 g/mol. The Kier molecular flexibility index (Phi) is 6.77. The third kappa shape index (κ3) is 5.11. The van der Waals surface area contributed by atoms with E-state index >= 15 is 0 Å². The second kappa shape index (κ2) is 9.75. The predicted octanol–water partition coefficient (Wildman–Crippen LogP) is 5.15. The van der Waals surface area contributed by atoms with Gasteiger partial charge in [0.05, 0.1) is 11.4 Å². The van der Waals surface area contributed by atoms with Gasteiger partial charge in [0.15, 0.2) is 0 Å². The second-order valence-electron chi connectivity index (χ2n) is 8.65. The molecule has 3 heterocycles. The van der Waals surface area contributed by atoms with E-state index in [-0.39, 0.29) is 25.4 Å². The van der Waals surface area contributed by atoms with Gasteiger partial charge < -0.3 is 10.3 Å². The van der Waals surface area contributed by atoms with Gasteiger partial charge in [-0.25, -0.2) is 13.4 Å². The molecule has 1 unspecified atom stereocenters. The number of rotatable bonds is 6. The van der Waals surface area contributed by atoms with Gasteiger partial charge in [0.25, 0.3) is 0 Å². The number of benzene rings is 2. The Bertz CT molecular complexity index is 1590. The molecule has 0 amide bonds. The molecule has 0 aliphatic carbocycles. The van der Waals surface area contributed by atoms with Gasteiger partial charge in [-0.1, -0.05) is 29.8 Å². The molecule has 1 aliphatic heterocycles. The van der Waals surface area contributed by atoms with Gasteiger partial charge in [0.2, 0.25) is 5.56 Å². The van der Waals surface area contributed by atoms with E-state index in [2.05, 4.69) is 15.3 Å². The molecule has 1 fully saturated rings. The Morgan fingerprint density at radius 2 is 1.86 bits per heavy atom. The van der Waals surface area contributed by atoms with Crippen LogP contribution in [0.1, 0.15) is 28.5 Å². The van der Waals surface area contributed by atoms with Crippen LogP contribution >= 0.6 is 22.9 Å². The molecule has 194 valence electrons. The van der Waals surface area contributed by atoms with Crippen molar-refractivity contribution in [3.8, 4) is 0 Å². The molecule has 2 atom stereocenters. The van der Waals surface area contributed by atoms with Crippen molar-refractivity contribution in [1.29, 1.82) is 0 Å². The lowest BCUT2D eigenvalue weighted by Crippen LogP contribution is -2.40. The van der Waals surface area contributed by atoms with Crippen molar-refractivity contribution >= 4 is 49.6 Å². The highest BCUT2D eigenvalue weighted by molar-refractivity contribution is 7.90. The van der Waals surface area contributed by atoms with Gasteiger partial charge >= 0.3 is 15.5 Å². The molecule has 0 radical (unpaired) electrons. The highest BCUT2D eigenvalue weighted by atomic mass is 35.5. The number of halogens is 4. The van der Waals surface area contributed by atoms with Crippen molar-refractivity contribution in [2.24, 2.45) is 0 Å². The number of H-pyrrole nitrogens is 1. The van der Waals surface area contributed by atoms with E-state index in [1.807, 2.05) is 29.6 Å². The third-order valence-electron chi connectivity index (χ3n) is 6.25. The number of sulfonamides is 1. The van der Waals surface area contributed by atoms with Crippen molar-refractivity contribution in [3.63, 3.8) is 0 Å². The largest absolute Gasteiger partial charge is 0.511 e. The van der Waals surface area contributed by atoms with Crippen LogP contribution in [0.5, 0.6) is 0 Å². The zero-order chi connectivity index (χ0) is 26.4. The monoisotopic (exact) mass is 568 g/mol. The van der Waals surface area contributed by atoms with Crippen molar-refractivity contribution in [3.05, 3.63) is 91.6 Å². The topological polar surface area (TPSA) is 95.2 Å². The van der Waals surface area contributed by atoms with Crippen LogP contribution in [0.25, 0.3) is 10.9 Å².